The van der Waals surface area contributed by atoms with E-state index in [1.165, 1.54) is 4.68 Å². The van der Waals surface area contributed by atoms with Gasteiger partial charge in [-0.1, -0.05) is 12.1 Å². The van der Waals surface area contributed by atoms with Crippen molar-refractivity contribution in [2.75, 3.05) is 20.3 Å². The van der Waals surface area contributed by atoms with Crippen LogP contribution in [0.2, 0.25) is 0 Å². The van der Waals surface area contributed by atoms with Gasteiger partial charge >= 0.3 is 0 Å². The van der Waals surface area contributed by atoms with E-state index in [1.54, 1.807) is 13.3 Å². The zero-order chi connectivity index (χ0) is 12.7. The van der Waals surface area contributed by atoms with Gasteiger partial charge in [0.2, 0.25) is 5.91 Å². The van der Waals surface area contributed by atoms with Gasteiger partial charge in [-0.3, -0.25) is 4.79 Å². The van der Waals surface area contributed by atoms with Gasteiger partial charge in [0.1, 0.15) is 6.54 Å². The lowest BCUT2D eigenvalue weighted by Crippen LogP contribution is -2.32. The van der Waals surface area contributed by atoms with E-state index in [4.69, 9.17) is 10.5 Å². The van der Waals surface area contributed by atoms with Crippen molar-refractivity contribution in [3.63, 3.8) is 0 Å². The summed E-state index contributed by atoms with van der Waals surface area (Å²) in [5, 5.41) is 10.4. The van der Waals surface area contributed by atoms with Crippen molar-refractivity contribution >= 4 is 5.91 Å². The minimum atomic E-state index is -0.0959. The van der Waals surface area contributed by atoms with E-state index in [0.29, 0.717) is 31.3 Å². The van der Waals surface area contributed by atoms with Crippen LogP contribution in [0.15, 0.2) is 6.20 Å². The summed E-state index contributed by atoms with van der Waals surface area (Å²) in [6.07, 6.45) is 1.66. The Kier molecular flexibility index (Phi) is 5.58. The fourth-order valence-corrected chi connectivity index (χ4v) is 1.34. The summed E-state index contributed by atoms with van der Waals surface area (Å²) >= 11 is 0. The molecule has 7 heteroatoms. The van der Waals surface area contributed by atoms with Gasteiger partial charge in [-0.05, 0) is 5.92 Å². The molecule has 0 fully saturated rings. The van der Waals surface area contributed by atoms with Gasteiger partial charge in [-0.2, -0.15) is 0 Å². The number of aromatic nitrogens is 3. The predicted octanol–water partition coefficient (Wildman–Crippen LogP) is -0.864. The Balaban J connectivity index is 2.29. The van der Waals surface area contributed by atoms with Crippen LogP contribution in [0, 0.1) is 5.92 Å². The largest absolute Gasteiger partial charge is 0.384 e. The Hall–Kier alpha value is -1.47. The number of ether oxygens (including phenoxy) is 1. The van der Waals surface area contributed by atoms with Crippen LogP contribution in [0.5, 0.6) is 0 Å². The quantitative estimate of drug-likeness (QED) is 0.647. The van der Waals surface area contributed by atoms with Crippen LogP contribution in [-0.4, -0.2) is 41.2 Å². The molecule has 1 aromatic heterocycles. The molecule has 0 aliphatic carbocycles. The molecule has 1 atom stereocenters. The minimum Gasteiger partial charge on any atom is -0.384 e. The molecule has 1 aromatic rings. The number of rotatable bonds is 7. The van der Waals surface area contributed by atoms with Crippen LogP contribution in [0.4, 0.5) is 0 Å². The highest BCUT2D eigenvalue weighted by Crippen LogP contribution is 1.93. The number of hydrogen-bond acceptors (Lipinski definition) is 5. The first-order valence-electron chi connectivity index (χ1n) is 5.50. The molecule has 1 amide bonds. The normalized spacial score (nSPS) is 12.4. The summed E-state index contributed by atoms with van der Waals surface area (Å²) in [5.74, 6) is 0.195. The fourth-order valence-electron chi connectivity index (χ4n) is 1.34. The molecule has 0 bridgehead atoms. The van der Waals surface area contributed by atoms with Gasteiger partial charge in [-0.25, -0.2) is 4.68 Å². The van der Waals surface area contributed by atoms with E-state index in [9.17, 15) is 4.79 Å². The van der Waals surface area contributed by atoms with Crippen molar-refractivity contribution in [1.82, 2.24) is 20.3 Å². The summed E-state index contributed by atoms with van der Waals surface area (Å²) in [7, 11) is 1.64. The average Bonchev–Trinajstić information content (AvgIpc) is 2.74. The van der Waals surface area contributed by atoms with E-state index in [1.807, 2.05) is 6.92 Å². The zero-order valence-corrected chi connectivity index (χ0v) is 10.2. The molecular weight excluding hydrogens is 222 g/mol. The molecule has 0 spiro atoms. The Bertz CT molecular complexity index is 352. The fraction of sp³-hybridized carbons (Fsp3) is 0.700. The first-order valence-corrected chi connectivity index (χ1v) is 5.50. The number of amides is 1. The third-order valence-electron chi connectivity index (χ3n) is 2.20. The van der Waals surface area contributed by atoms with E-state index in [0.717, 1.165) is 0 Å². The summed E-state index contributed by atoms with van der Waals surface area (Å²) < 4.78 is 6.45. The van der Waals surface area contributed by atoms with Crippen LogP contribution in [0.25, 0.3) is 0 Å². The molecule has 3 N–H and O–H groups in total. The van der Waals surface area contributed by atoms with Crippen LogP contribution >= 0.6 is 0 Å². The number of carbonyl (C=O) groups is 1. The van der Waals surface area contributed by atoms with Crippen LogP contribution in [0.1, 0.15) is 12.6 Å². The maximum Gasteiger partial charge on any atom is 0.241 e. The topological polar surface area (TPSA) is 95.1 Å². The Morgan fingerprint density at radius 2 is 2.47 bits per heavy atom. The monoisotopic (exact) mass is 241 g/mol. The van der Waals surface area contributed by atoms with Crippen molar-refractivity contribution in [2.24, 2.45) is 11.7 Å². The number of hydrogen-bond donors (Lipinski definition) is 2. The molecule has 7 nitrogen and oxygen atoms in total. The number of nitrogens with zero attached hydrogens (tertiary/aromatic N) is 3. The summed E-state index contributed by atoms with van der Waals surface area (Å²) in [6.45, 7) is 3.71. The first kappa shape index (κ1) is 13.6. The smallest absolute Gasteiger partial charge is 0.241 e. The van der Waals surface area contributed by atoms with E-state index >= 15 is 0 Å². The molecule has 1 unspecified atom stereocenters. The second kappa shape index (κ2) is 6.97. The van der Waals surface area contributed by atoms with Crippen molar-refractivity contribution in [1.29, 1.82) is 0 Å². The molecule has 0 aliphatic heterocycles. The van der Waals surface area contributed by atoms with Gasteiger partial charge in [0.15, 0.2) is 0 Å². The van der Waals surface area contributed by atoms with Gasteiger partial charge in [0.05, 0.1) is 18.5 Å². The van der Waals surface area contributed by atoms with Crippen LogP contribution in [-0.2, 0) is 22.6 Å². The molecule has 0 aliphatic rings. The van der Waals surface area contributed by atoms with Gasteiger partial charge in [-0.15, -0.1) is 5.10 Å². The third-order valence-corrected chi connectivity index (χ3v) is 2.20. The number of methoxy groups -OCH3 is 1. The molecule has 96 valence electrons. The molecule has 1 rings (SSSR count). The molecule has 0 radical (unpaired) electrons. The van der Waals surface area contributed by atoms with E-state index in [2.05, 4.69) is 15.6 Å². The maximum absolute atomic E-state index is 11.5. The standard InChI is InChI=1S/C10H19N5O2/c1-8(7-17-2)4-12-10(16)6-15-5-9(3-11)13-14-15/h5,8H,3-4,6-7,11H2,1-2H3,(H,12,16). The maximum atomic E-state index is 11.5. The molecular formula is C10H19N5O2. The lowest BCUT2D eigenvalue weighted by Gasteiger charge is -2.11. The van der Waals surface area contributed by atoms with E-state index < -0.39 is 0 Å². The first-order chi connectivity index (χ1) is 8.15. The van der Waals surface area contributed by atoms with Gasteiger partial charge in [0.25, 0.3) is 0 Å². The summed E-state index contributed by atoms with van der Waals surface area (Å²) in [6, 6.07) is 0. The molecule has 0 saturated carbocycles. The number of carbonyl (C=O) groups excluding carboxylic acids is 1. The second-order valence-corrected chi connectivity index (χ2v) is 3.98. The van der Waals surface area contributed by atoms with Crippen molar-refractivity contribution < 1.29 is 9.53 Å². The highest BCUT2D eigenvalue weighted by Gasteiger charge is 2.07. The van der Waals surface area contributed by atoms with Crippen molar-refractivity contribution in [3.8, 4) is 0 Å². The van der Waals surface area contributed by atoms with E-state index in [-0.39, 0.29) is 12.5 Å². The lowest BCUT2D eigenvalue weighted by atomic mass is 10.2. The van der Waals surface area contributed by atoms with Gasteiger partial charge in [0, 0.05) is 20.2 Å². The average molecular weight is 241 g/mol. The number of nitrogens with two attached hydrogens (primary N) is 1. The predicted molar refractivity (Wildman–Crippen MR) is 62.0 cm³/mol. The highest BCUT2D eigenvalue weighted by molar-refractivity contribution is 5.75. The molecule has 1 heterocycles. The summed E-state index contributed by atoms with van der Waals surface area (Å²) in [5.41, 5.74) is 6.07. The zero-order valence-electron chi connectivity index (χ0n) is 10.2. The summed E-state index contributed by atoms with van der Waals surface area (Å²) in [4.78, 5) is 11.5. The highest BCUT2D eigenvalue weighted by atomic mass is 16.5. The van der Waals surface area contributed by atoms with Gasteiger partial charge < -0.3 is 15.8 Å². The lowest BCUT2D eigenvalue weighted by molar-refractivity contribution is -0.122. The minimum absolute atomic E-state index is 0.0959. The third kappa shape index (κ3) is 4.92. The molecule has 17 heavy (non-hydrogen) atoms. The Labute approximate surface area is 100 Å². The SMILES string of the molecule is COCC(C)CNC(=O)Cn1cc(CN)nn1. The molecule has 0 saturated heterocycles. The van der Waals surface area contributed by atoms with Crippen molar-refractivity contribution in [2.45, 2.75) is 20.0 Å². The molecule has 0 aromatic carbocycles. The van der Waals surface area contributed by atoms with Crippen molar-refractivity contribution in [3.05, 3.63) is 11.9 Å². The van der Waals surface area contributed by atoms with Crippen LogP contribution in [0.3, 0.4) is 0 Å². The number of nitrogens with one attached hydrogen (secondary N) is 1. The Morgan fingerprint density at radius 1 is 1.71 bits per heavy atom. The second-order valence-electron chi connectivity index (χ2n) is 3.98. The van der Waals surface area contributed by atoms with Crippen LogP contribution < -0.4 is 11.1 Å². The Morgan fingerprint density at radius 3 is 3.06 bits per heavy atom.